The average Bonchev–Trinajstić information content (AvgIpc) is 3.41. The van der Waals surface area contributed by atoms with Crippen LogP contribution in [0.5, 0.6) is 5.75 Å². The van der Waals surface area contributed by atoms with Gasteiger partial charge >= 0.3 is 0 Å². The van der Waals surface area contributed by atoms with Gasteiger partial charge in [-0.2, -0.15) is 9.78 Å². The maximum atomic E-state index is 10.7. The molecule has 33 heavy (non-hydrogen) atoms. The minimum absolute atomic E-state index is 0.353. The van der Waals surface area contributed by atoms with E-state index >= 15 is 0 Å². The zero-order valence-corrected chi connectivity index (χ0v) is 19.5. The highest BCUT2D eigenvalue weighted by Crippen LogP contribution is 2.67. The van der Waals surface area contributed by atoms with Crippen LogP contribution < -0.4 is 10.1 Å². The molecule has 6 nitrogen and oxygen atoms in total. The number of hydrogen-bond donors (Lipinski definition) is 2. The van der Waals surface area contributed by atoms with Crippen molar-refractivity contribution < 1.29 is 24.4 Å². The fourth-order valence-electron chi connectivity index (χ4n) is 8.18. The van der Waals surface area contributed by atoms with Gasteiger partial charge in [-0.3, -0.25) is 0 Å². The highest BCUT2D eigenvalue weighted by molar-refractivity contribution is 5.30. The first-order valence-electron chi connectivity index (χ1n) is 13.3. The lowest BCUT2D eigenvalue weighted by molar-refractivity contribution is -0.370. The van der Waals surface area contributed by atoms with Gasteiger partial charge in [0.15, 0.2) is 0 Å². The molecule has 6 heteroatoms. The molecule has 5 unspecified atom stereocenters. The molecule has 2 saturated heterocycles. The fourth-order valence-corrected chi connectivity index (χ4v) is 8.18. The molecule has 5 saturated carbocycles. The molecule has 5 aliphatic carbocycles. The normalized spacial score (nSPS) is 45.3. The van der Waals surface area contributed by atoms with Crippen LogP contribution in [-0.2, 0) is 14.5 Å². The van der Waals surface area contributed by atoms with Gasteiger partial charge in [-0.05, 0) is 99.9 Å². The lowest BCUT2D eigenvalue weighted by atomic mass is 9.77. The standard InChI is InChI=1S/C27H37NO5/c29-25(8-10-28-11-9-25)17-30-23-5-3-19(4-6-23)20-2-1-7-26(16-20)31-27(33-32-26)22-13-18-12-21(15-22)24(27)14-18/h3-6,18,20-22,24,28-29H,1-2,7-17H2/t18?,20?,21?,22?,24?,26-,27+/m1/s1. The number of nitrogens with one attached hydrogen (secondary N) is 1. The Morgan fingerprint density at radius 2 is 1.85 bits per heavy atom. The van der Waals surface area contributed by atoms with E-state index in [1.165, 1.54) is 31.2 Å². The minimum atomic E-state index is -0.716. The third kappa shape index (κ3) is 3.48. The third-order valence-electron chi connectivity index (χ3n) is 9.81. The lowest BCUT2D eigenvalue weighted by Gasteiger charge is -2.40. The minimum Gasteiger partial charge on any atom is -0.491 e. The Labute approximate surface area is 196 Å². The highest BCUT2D eigenvalue weighted by atomic mass is 17.3. The summed E-state index contributed by atoms with van der Waals surface area (Å²) in [6, 6.07) is 8.44. The second-order valence-electron chi connectivity index (χ2n) is 11.9. The zero-order chi connectivity index (χ0) is 22.1. The van der Waals surface area contributed by atoms with E-state index < -0.39 is 17.2 Å². The summed E-state index contributed by atoms with van der Waals surface area (Å²) in [6.07, 6.45) is 10.6. The van der Waals surface area contributed by atoms with E-state index in [2.05, 4.69) is 17.4 Å². The number of aliphatic hydroxyl groups is 1. The van der Waals surface area contributed by atoms with Gasteiger partial charge in [0, 0.05) is 24.7 Å². The van der Waals surface area contributed by atoms with Crippen LogP contribution in [0.15, 0.2) is 24.3 Å². The first-order chi connectivity index (χ1) is 16.0. The van der Waals surface area contributed by atoms with Crippen molar-refractivity contribution in [2.24, 2.45) is 23.7 Å². The first-order valence-corrected chi connectivity index (χ1v) is 13.3. The van der Waals surface area contributed by atoms with E-state index in [1.54, 1.807) is 0 Å². The van der Waals surface area contributed by atoms with Crippen LogP contribution in [0.25, 0.3) is 0 Å². The van der Waals surface area contributed by atoms with Crippen molar-refractivity contribution in [3.8, 4) is 5.75 Å². The molecule has 7 fully saturated rings. The molecule has 0 radical (unpaired) electrons. The van der Waals surface area contributed by atoms with Crippen molar-refractivity contribution >= 4 is 0 Å². The highest BCUT2D eigenvalue weighted by Gasteiger charge is 2.70. The van der Waals surface area contributed by atoms with Gasteiger partial charge in [-0.1, -0.05) is 12.1 Å². The van der Waals surface area contributed by atoms with Gasteiger partial charge in [0.05, 0.1) is 0 Å². The summed E-state index contributed by atoms with van der Waals surface area (Å²) in [5, 5.41) is 14.0. The molecule has 2 N–H and O–H groups in total. The van der Waals surface area contributed by atoms with Crippen molar-refractivity contribution in [3.63, 3.8) is 0 Å². The summed E-state index contributed by atoms with van der Waals surface area (Å²) in [6.45, 7) is 2.05. The van der Waals surface area contributed by atoms with Crippen molar-refractivity contribution in [2.45, 2.75) is 87.3 Å². The van der Waals surface area contributed by atoms with Gasteiger partial charge in [-0.15, -0.1) is 0 Å². The van der Waals surface area contributed by atoms with Gasteiger partial charge in [0.1, 0.15) is 18.0 Å². The van der Waals surface area contributed by atoms with Gasteiger partial charge in [0.25, 0.3) is 0 Å². The van der Waals surface area contributed by atoms with Gasteiger partial charge < -0.3 is 19.9 Å². The summed E-state index contributed by atoms with van der Waals surface area (Å²) in [4.78, 5) is 12.3. The van der Waals surface area contributed by atoms with E-state index in [4.69, 9.17) is 19.2 Å². The fraction of sp³-hybridized carbons (Fsp3) is 0.778. The van der Waals surface area contributed by atoms with Crippen LogP contribution in [0.2, 0.25) is 0 Å². The van der Waals surface area contributed by atoms with E-state index in [0.29, 0.717) is 24.4 Å². The molecule has 7 atom stereocenters. The maximum absolute atomic E-state index is 10.7. The van der Waals surface area contributed by atoms with Crippen LogP contribution in [0.4, 0.5) is 0 Å². The predicted molar refractivity (Wildman–Crippen MR) is 121 cm³/mol. The molecule has 7 aliphatic rings. The summed E-state index contributed by atoms with van der Waals surface area (Å²) in [7, 11) is 0. The van der Waals surface area contributed by atoms with Crippen LogP contribution in [-0.4, -0.2) is 42.0 Å². The van der Waals surface area contributed by atoms with E-state index in [9.17, 15) is 5.11 Å². The molecule has 2 aliphatic heterocycles. The number of ether oxygens (including phenoxy) is 2. The van der Waals surface area contributed by atoms with Crippen LogP contribution >= 0.6 is 0 Å². The number of piperidine rings is 1. The topological polar surface area (TPSA) is 69.2 Å². The SMILES string of the molecule is OC1(COc2ccc(C3CCC[C@]4(C3)OO[C@@]3(O4)C4CC5CC(C4)C3C5)cc2)CCNCC1. The number of hydrogen-bond acceptors (Lipinski definition) is 6. The summed E-state index contributed by atoms with van der Waals surface area (Å²) >= 11 is 0. The molecule has 180 valence electrons. The van der Waals surface area contributed by atoms with Crippen LogP contribution in [0, 0.1) is 23.7 Å². The molecule has 2 heterocycles. The Kier molecular flexibility index (Phi) is 4.90. The molecule has 4 bridgehead atoms. The summed E-state index contributed by atoms with van der Waals surface area (Å²) < 4.78 is 12.8. The number of benzene rings is 1. The van der Waals surface area contributed by atoms with Crippen molar-refractivity contribution in [1.29, 1.82) is 0 Å². The Hall–Kier alpha value is -1.18. The Morgan fingerprint density at radius 1 is 1.00 bits per heavy atom. The van der Waals surface area contributed by atoms with Crippen LogP contribution in [0.3, 0.4) is 0 Å². The predicted octanol–water partition coefficient (Wildman–Crippen LogP) is 4.27. The molecule has 2 spiro atoms. The van der Waals surface area contributed by atoms with Crippen LogP contribution in [0.1, 0.15) is 75.7 Å². The quantitative estimate of drug-likeness (QED) is 0.661. The lowest BCUT2D eigenvalue weighted by Crippen LogP contribution is -2.47. The van der Waals surface area contributed by atoms with Crippen molar-refractivity contribution in [3.05, 3.63) is 29.8 Å². The van der Waals surface area contributed by atoms with Crippen molar-refractivity contribution in [2.75, 3.05) is 19.7 Å². The largest absolute Gasteiger partial charge is 0.491 e. The summed E-state index contributed by atoms with van der Waals surface area (Å²) in [5.74, 6) is 2.90. The first kappa shape index (κ1) is 21.1. The smallest absolute Gasteiger partial charge is 0.210 e. The Morgan fingerprint density at radius 3 is 2.67 bits per heavy atom. The number of rotatable bonds is 4. The Balaban J connectivity index is 1.02. The van der Waals surface area contributed by atoms with E-state index in [1.807, 2.05) is 12.1 Å². The van der Waals surface area contributed by atoms with E-state index in [0.717, 1.165) is 69.2 Å². The monoisotopic (exact) mass is 455 g/mol. The Bertz CT molecular complexity index is 881. The molecular weight excluding hydrogens is 418 g/mol. The second-order valence-corrected chi connectivity index (χ2v) is 11.9. The van der Waals surface area contributed by atoms with Gasteiger partial charge in [0.2, 0.25) is 11.6 Å². The molecule has 0 amide bonds. The zero-order valence-electron chi connectivity index (χ0n) is 19.5. The summed E-state index contributed by atoms with van der Waals surface area (Å²) in [5.41, 5.74) is 0.593. The molecule has 1 aromatic rings. The maximum Gasteiger partial charge on any atom is 0.210 e. The van der Waals surface area contributed by atoms with Crippen molar-refractivity contribution in [1.82, 2.24) is 5.32 Å². The second kappa shape index (κ2) is 7.66. The average molecular weight is 456 g/mol. The third-order valence-corrected chi connectivity index (χ3v) is 9.81. The molecular formula is C27H37NO5. The molecule has 1 aromatic carbocycles. The van der Waals surface area contributed by atoms with E-state index in [-0.39, 0.29) is 0 Å². The molecule has 8 rings (SSSR count). The van der Waals surface area contributed by atoms with Gasteiger partial charge in [-0.25, -0.2) is 0 Å². The molecule has 0 aromatic heterocycles.